The summed E-state index contributed by atoms with van der Waals surface area (Å²) in [5, 5.41) is 10.6. The molecule has 186 valence electrons. The first-order valence-corrected chi connectivity index (χ1v) is 11.2. The normalized spacial score (nSPS) is 13.2. The molecule has 4 heterocycles. The standard InChI is InChI=1S/C22H26N6.C2HF3O2/c1-3-18-14-20(27-21(26-18)19-8-4-5-11-23-19)24-15-17-10-9-16(2)25-22(17)28-12-6-7-13-28;3-2(4,5)1(6)7/h4-5,8-11,14H,3,6-7,12-13,15H2,1-2H3,(H,24,26,27);(H,6,7). The van der Waals surface area contributed by atoms with Gasteiger partial charge in [0.15, 0.2) is 5.82 Å². The van der Waals surface area contributed by atoms with Gasteiger partial charge in [-0.25, -0.2) is 19.7 Å². The Morgan fingerprint density at radius 2 is 1.83 bits per heavy atom. The van der Waals surface area contributed by atoms with Gasteiger partial charge in [-0.05, 0) is 44.4 Å². The van der Waals surface area contributed by atoms with E-state index in [1.54, 1.807) is 6.20 Å². The van der Waals surface area contributed by atoms with Crippen molar-refractivity contribution >= 4 is 17.6 Å². The molecule has 1 aliphatic heterocycles. The van der Waals surface area contributed by atoms with Gasteiger partial charge in [0.25, 0.3) is 0 Å². The fourth-order valence-electron chi connectivity index (χ4n) is 3.48. The van der Waals surface area contributed by atoms with E-state index in [-0.39, 0.29) is 0 Å². The average Bonchev–Trinajstić information content (AvgIpc) is 3.38. The number of nitrogens with zero attached hydrogens (tertiary/aromatic N) is 5. The minimum absolute atomic E-state index is 0.657. The molecule has 1 aliphatic rings. The van der Waals surface area contributed by atoms with Crippen molar-refractivity contribution in [3.63, 3.8) is 0 Å². The van der Waals surface area contributed by atoms with Crippen molar-refractivity contribution in [2.45, 2.75) is 45.8 Å². The number of nitrogens with one attached hydrogen (secondary N) is 1. The van der Waals surface area contributed by atoms with E-state index in [0.29, 0.717) is 12.4 Å². The highest BCUT2D eigenvalue weighted by atomic mass is 19.4. The number of anilines is 2. The second kappa shape index (κ2) is 11.6. The van der Waals surface area contributed by atoms with Gasteiger partial charge < -0.3 is 15.3 Å². The molecule has 0 atom stereocenters. The molecule has 0 amide bonds. The molecule has 0 aromatic carbocycles. The number of carboxylic acids is 1. The fourth-order valence-corrected chi connectivity index (χ4v) is 3.48. The summed E-state index contributed by atoms with van der Waals surface area (Å²) in [7, 11) is 0. The van der Waals surface area contributed by atoms with Crippen LogP contribution in [-0.4, -0.2) is 50.3 Å². The van der Waals surface area contributed by atoms with Crippen molar-refractivity contribution in [3.05, 3.63) is 59.5 Å². The molecule has 11 heteroatoms. The number of hydrogen-bond donors (Lipinski definition) is 2. The van der Waals surface area contributed by atoms with Gasteiger partial charge in [-0.2, -0.15) is 13.2 Å². The van der Waals surface area contributed by atoms with Crippen LogP contribution in [0.2, 0.25) is 0 Å². The lowest BCUT2D eigenvalue weighted by molar-refractivity contribution is -0.192. The topological polar surface area (TPSA) is 104 Å². The van der Waals surface area contributed by atoms with Crippen LogP contribution in [0.15, 0.2) is 42.6 Å². The summed E-state index contributed by atoms with van der Waals surface area (Å²) in [6.45, 7) is 7.00. The number of alkyl halides is 3. The Balaban J connectivity index is 0.000000429. The van der Waals surface area contributed by atoms with Crippen LogP contribution in [0.5, 0.6) is 0 Å². The monoisotopic (exact) mass is 488 g/mol. The molecule has 0 aliphatic carbocycles. The minimum atomic E-state index is -5.08. The van der Waals surface area contributed by atoms with Gasteiger partial charge >= 0.3 is 12.1 Å². The Morgan fingerprint density at radius 3 is 2.43 bits per heavy atom. The van der Waals surface area contributed by atoms with Gasteiger partial charge in [-0.3, -0.25) is 4.98 Å². The smallest absolute Gasteiger partial charge is 0.475 e. The zero-order chi connectivity index (χ0) is 25.4. The number of halogens is 3. The Hall–Kier alpha value is -3.76. The molecule has 1 saturated heterocycles. The van der Waals surface area contributed by atoms with E-state index in [2.05, 4.69) is 39.2 Å². The zero-order valence-corrected chi connectivity index (χ0v) is 19.5. The van der Waals surface area contributed by atoms with Crippen LogP contribution < -0.4 is 10.2 Å². The molecule has 0 spiro atoms. The van der Waals surface area contributed by atoms with Crippen molar-refractivity contribution in [1.82, 2.24) is 19.9 Å². The number of hydrogen-bond acceptors (Lipinski definition) is 7. The van der Waals surface area contributed by atoms with Crippen LogP contribution in [0.25, 0.3) is 11.5 Å². The fraction of sp³-hybridized carbons (Fsp3) is 0.375. The van der Waals surface area contributed by atoms with E-state index in [9.17, 15) is 13.2 Å². The van der Waals surface area contributed by atoms with Crippen molar-refractivity contribution in [3.8, 4) is 11.5 Å². The molecule has 8 nitrogen and oxygen atoms in total. The highest BCUT2D eigenvalue weighted by Crippen LogP contribution is 2.24. The Kier molecular flexibility index (Phi) is 8.56. The second-order valence-corrected chi connectivity index (χ2v) is 7.92. The number of aromatic nitrogens is 4. The van der Waals surface area contributed by atoms with Gasteiger partial charge in [0.05, 0.1) is 0 Å². The lowest BCUT2D eigenvalue weighted by Crippen LogP contribution is -2.22. The molecule has 0 unspecified atom stereocenters. The second-order valence-electron chi connectivity index (χ2n) is 7.92. The molecule has 35 heavy (non-hydrogen) atoms. The number of pyridine rings is 2. The Bertz CT molecular complexity index is 1140. The predicted molar refractivity (Wildman–Crippen MR) is 126 cm³/mol. The third-order valence-corrected chi connectivity index (χ3v) is 5.24. The molecule has 3 aromatic rings. The Labute approximate surface area is 201 Å². The van der Waals surface area contributed by atoms with Gasteiger partial charge in [-0.15, -0.1) is 0 Å². The number of aryl methyl sites for hydroxylation is 2. The first kappa shape index (κ1) is 25.9. The van der Waals surface area contributed by atoms with E-state index < -0.39 is 12.1 Å². The van der Waals surface area contributed by atoms with E-state index in [4.69, 9.17) is 19.9 Å². The van der Waals surface area contributed by atoms with Crippen LogP contribution in [0.3, 0.4) is 0 Å². The largest absolute Gasteiger partial charge is 0.490 e. The van der Waals surface area contributed by atoms with E-state index >= 15 is 0 Å². The molecule has 0 saturated carbocycles. The first-order valence-electron chi connectivity index (χ1n) is 11.2. The maximum atomic E-state index is 10.6. The third-order valence-electron chi connectivity index (χ3n) is 5.24. The van der Waals surface area contributed by atoms with Crippen LogP contribution in [0, 0.1) is 6.92 Å². The highest BCUT2D eigenvalue weighted by molar-refractivity contribution is 5.73. The molecular formula is C24H27F3N6O2. The maximum Gasteiger partial charge on any atom is 0.490 e. The average molecular weight is 489 g/mol. The van der Waals surface area contributed by atoms with Crippen LogP contribution in [-0.2, 0) is 17.8 Å². The summed E-state index contributed by atoms with van der Waals surface area (Å²) in [5.41, 5.74) is 4.04. The molecule has 4 rings (SSSR count). The van der Waals surface area contributed by atoms with Crippen LogP contribution in [0.4, 0.5) is 24.8 Å². The van der Waals surface area contributed by atoms with Crippen LogP contribution in [0.1, 0.15) is 36.7 Å². The molecule has 1 fully saturated rings. The van der Waals surface area contributed by atoms with Gasteiger partial charge in [-0.1, -0.05) is 19.1 Å². The van der Waals surface area contributed by atoms with Gasteiger partial charge in [0, 0.05) is 48.8 Å². The zero-order valence-electron chi connectivity index (χ0n) is 19.5. The molecule has 0 bridgehead atoms. The minimum Gasteiger partial charge on any atom is -0.475 e. The van der Waals surface area contributed by atoms with Crippen molar-refractivity contribution in [1.29, 1.82) is 0 Å². The molecule has 3 aromatic heterocycles. The summed E-state index contributed by atoms with van der Waals surface area (Å²) >= 11 is 0. The summed E-state index contributed by atoms with van der Waals surface area (Å²) in [6, 6.07) is 12.1. The summed E-state index contributed by atoms with van der Waals surface area (Å²) in [4.78, 5) is 29.8. The third kappa shape index (κ3) is 7.36. The molecule has 2 N–H and O–H groups in total. The maximum absolute atomic E-state index is 10.6. The Morgan fingerprint density at radius 1 is 1.11 bits per heavy atom. The van der Waals surface area contributed by atoms with Crippen LogP contribution >= 0.6 is 0 Å². The molecule has 0 radical (unpaired) electrons. The predicted octanol–water partition coefficient (Wildman–Crippen LogP) is 4.65. The number of rotatable bonds is 6. The summed E-state index contributed by atoms with van der Waals surface area (Å²) in [6.07, 6.45) is 0.0102. The summed E-state index contributed by atoms with van der Waals surface area (Å²) < 4.78 is 31.7. The van der Waals surface area contributed by atoms with E-state index in [0.717, 1.165) is 48.2 Å². The van der Waals surface area contributed by atoms with Gasteiger partial charge in [0.1, 0.15) is 17.3 Å². The number of carboxylic acid groups (broad SMARTS) is 1. The molecular weight excluding hydrogens is 461 g/mol. The van der Waals surface area contributed by atoms with E-state index in [1.165, 1.54) is 18.4 Å². The number of carbonyl (C=O) groups is 1. The van der Waals surface area contributed by atoms with Gasteiger partial charge in [0.2, 0.25) is 0 Å². The van der Waals surface area contributed by atoms with Crippen molar-refractivity contribution < 1.29 is 23.1 Å². The van der Waals surface area contributed by atoms with E-state index in [1.807, 2.05) is 31.2 Å². The van der Waals surface area contributed by atoms with Crippen molar-refractivity contribution in [2.24, 2.45) is 0 Å². The number of aliphatic carboxylic acids is 1. The quantitative estimate of drug-likeness (QED) is 0.517. The highest BCUT2D eigenvalue weighted by Gasteiger charge is 2.38. The lowest BCUT2D eigenvalue weighted by atomic mass is 10.2. The first-order chi connectivity index (χ1) is 16.7. The van der Waals surface area contributed by atoms with Crippen molar-refractivity contribution in [2.75, 3.05) is 23.3 Å². The summed E-state index contributed by atoms with van der Waals surface area (Å²) in [5.74, 6) is -0.183. The lowest BCUT2D eigenvalue weighted by Gasteiger charge is -2.21. The SMILES string of the molecule is CCc1cc(NCc2ccc(C)nc2N2CCCC2)nc(-c2ccccn2)n1.O=C(O)C(F)(F)F.